The number of ether oxygens (including phenoxy) is 3. The van der Waals surface area contributed by atoms with Gasteiger partial charge < -0.3 is 14.2 Å². The second-order valence-corrected chi connectivity index (χ2v) is 8.50. The van der Waals surface area contributed by atoms with Gasteiger partial charge in [-0.1, -0.05) is 23.2 Å². The van der Waals surface area contributed by atoms with Crippen LogP contribution in [0.1, 0.15) is 6.92 Å². The molecule has 4 aromatic rings. The van der Waals surface area contributed by atoms with E-state index < -0.39 is 5.82 Å². The maximum absolute atomic E-state index is 14.8. The molecule has 0 N–H and O–H groups in total. The summed E-state index contributed by atoms with van der Waals surface area (Å²) < 4.78 is 31.4. The predicted molar refractivity (Wildman–Crippen MR) is 119 cm³/mol. The van der Waals surface area contributed by atoms with Crippen molar-refractivity contribution in [2.24, 2.45) is 0 Å². The zero-order valence-electron chi connectivity index (χ0n) is 16.3. The number of fused-ring (bicyclic) bond motifs is 2. The summed E-state index contributed by atoms with van der Waals surface area (Å²) in [5.74, 6) is 0.0333. The zero-order chi connectivity index (χ0) is 21.4. The topological polar surface area (TPSA) is 53.5 Å². The van der Waals surface area contributed by atoms with Crippen molar-refractivity contribution < 1.29 is 18.6 Å². The van der Waals surface area contributed by atoms with Gasteiger partial charge in [0, 0.05) is 29.1 Å². The fourth-order valence-corrected chi connectivity index (χ4v) is 4.68. The molecule has 0 aliphatic heterocycles. The molecule has 0 amide bonds. The third kappa shape index (κ3) is 3.90. The van der Waals surface area contributed by atoms with Gasteiger partial charge in [0.2, 0.25) is 0 Å². The molecule has 2 aromatic carbocycles. The van der Waals surface area contributed by atoms with Crippen LogP contribution >= 0.6 is 34.5 Å². The maximum atomic E-state index is 14.8. The Morgan fingerprint density at radius 3 is 2.67 bits per heavy atom. The molecule has 0 aliphatic rings. The summed E-state index contributed by atoms with van der Waals surface area (Å²) in [4.78, 5) is 9.06. The van der Waals surface area contributed by atoms with Crippen LogP contribution in [0.2, 0.25) is 10.0 Å². The third-order valence-electron chi connectivity index (χ3n) is 4.45. The van der Waals surface area contributed by atoms with E-state index in [0.29, 0.717) is 38.1 Å². The van der Waals surface area contributed by atoms with Gasteiger partial charge in [-0.25, -0.2) is 9.37 Å². The number of aromatic nitrogens is 2. The van der Waals surface area contributed by atoms with Gasteiger partial charge in [0.05, 0.1) is 30.1 Å². The molecule has 0 saturated carbocycles. The zero-order valence-corrected chi connectivity index (χ0v) is 18.7. The SMILES string of the molecule is COCC(C)Oc1cc2sc(-c3cc(Cl)cc4cc(OC)cnc34)nc2c(Cl)c1F. The minimum atomic E-state index is -0.650. The van der Waals surface area contributed by atoms with Crippen LogP contribution in [0.15, 0.2) is 30.5 Å². The Bertz CT molecular complexity index is 1250. The van der Waals surface area contributed by atoms with Gasteiger partial charge in [0.15, 0.2) is 11.6 Å². The first-order chi connectivity index (χ1) is 14.4. The maximum Gasteiger partial charge on any atom is 0.185 e. The fraction of sp³-hybridized carbons (Fsp3) is 0.238. The summed E-state index contributed by atoms with van der Waals surface area (Å²) in [6, 6.07) is 7.04. The molecule has 0 aliphatic carbocycles. The van der Waals surface area contributed by atoms with Gasteiger partial charge in [0.1, 0.15) is 27.4 Å². The average molecular weight is 467 g/mol. The van der Waals surface area contributed by atoms with Crippen LogP contribution in [0.4, 0.5) is 4.39 Å². The van der Waals surface area contributed by atoms with Crippen molar-refractivity contribution in [3.8, 4) is 22.1 Å². The quantitative estimate of drug-likeness (QED) is 0.329. The van der Waals surface area contributed by atoms with Crippen molar-refractivity contribution in [3.05, 3.63) is 46.3 Å². The summed E-state index contributed by atoms with van der Waals surface area (Å²) in [5, 5.41) is 1.88. The van der Waals surface area contributed by atoms with Crippen LogP contribution in [0.25, 0.3) is 31.7 Å². The third-order valence-corrected chi connectivity index (χ3v) is 6.05. The van der Waals surface area contributed by atoms with Gasteiger partial charge in [-0.3, -0.25) is 4.98 Å². The highest BCUT2D eigenvalue weighted by molar-refractivity contribution is 7.21. The first kappa shape index (κ1) is 21.1. The highest BCUT2D eigenvalue weighted by atomic mass is 35.5. The number of hydrogen-bond acceptors (Lipinski definition) is 6. The van der Waals surface area contributed by atoms with Gasteiger partial charge >= 0.3 is 0 Å². The minimum Gasteiger partial charge on any atom is -0.495 e. The van der Waals surface area contributed by atoms with E-state index in [0.717, 1.165) is 10.9 Å². The number of thiazole rings is 1. The Morgan fingerprint density at radius 1 is 1.13 bits per heavy atom. The van der Waals surface area contributed by atoms with Gasteiger partial charge in [-0.15, -0.1) is 11.3 Å². The van der Waals surface area contributed by atoms with Gasteiger partial charge in [-0.05, 0) is 25.1 Å². The lowest BCUT2D eigenvalue weighted by Gasteiger charge is -2.14. The van der Waals surface area contributed by atoms with Crippen molar-refractivity contribution in [1.82, 2.24) is 9.97 Å². The number of hydrogen-bond donors (Lipinski definition) is 0. The molecular formula is C21H17Cl2FN2O3S. The minimum absolute atomic E-state index is 0.0612. The van der Waals surface area contributed by atoms with E-state index >= 15 is 0 Å². The molecular weight excluding hydrogens is 450 g/mol. The van der Waals surface area contributed by atoms with Gasteiger partial charge in [-0.2, -0.15) is 0 Å². The van der Waals surface area contributed by atoms with Crippen LogP contribution in [-0.2, 0) is 4.74 Å². The lowest BCUT2D eigenvalue weighted by molar-refractivity contribution is 0.0894. The van der Waals surface area contributed by atoms with E-state index in [1.807, 2.05) is 6.07 Å². The van der Waals surface area contributed by atoms with E-state index in [4.69, 9.17) is 37.4 Å². The van der Waals surface area contributed by atoms with E-state index in [1.54, 1.807) is 45.5 Å². The van der Waals surface area contributed by atoms with Crippen LogP contribution in [-0.4, -0.2) is 36.9 Å². The molecule has 30 heavy (non-hydrogen) atoms. The number of methoxy groups -OCH3 is 2. The van der Waals surface area contributed by atoms with E-state index in [-0.39, 0.29) is 16.9 Å². The molecule has 0 fully saturated rings. The van der Waals surface area contributed by atoms with Crippen LogP contribution in [0, 0.1) is 5.82 Å². The molecule has 1 unspecified atom stereocenters. The lowest BCUT2D eigenvalue weighted by Crippen LogP contribution is -2.18. The molecule has 4 rings (SSSR count). The second-order valence-electron chi connectivity index (χ2n) is 6.65. The largest absolute Gasteiger partial charge is 0.495 e. The highest BCUT2D eigenvalue weighted by Gasteiger charge is 2.20. The molecule has 2 aromatic heterocycles. The predicted octanol–water partition coefficient (Wildman–Crippen LogP) is 6.38. The second kappa shape index (κ2) is 8.51. The first-order valence-corrected chi connectivity index (χ1v) is 10.6. The first-order valence-electron chi connectivity index (χ1n) is 8.99. The highest BCUT2D eigenvalue weighted by Crippen LogP contribution is 2.41. The van der Waals surface area contributed by atoms with Crippen molar-refractivity contribution in [2.75, 3.05) is 20.8 Å². The van der Waals surface area contributed by atoms with E-state index in [2.05, 4.69) is 9.97 Å². The van der Waals surface area contributed by atoms with Crippen molar-refractivity contribution in [3.63, 3.8) is 0 Å². The number of rotatable bonds is 6. The van der Waals surface area contributed by atoms with Crippen LogP contribution < -0.4 is 9.47 Å². The molecule has 1 atom stereocenters. The van der Waals surface area contributed by atoms with Crippen molar-refractivity contribution in [2.45, 2.75) is 13.0 Å². The number of halogens is 3. The fourth-order valence-electron chi connectivity index (χ4n) is 3.14. The summed E-state index contributed by atoms with van der Waals surface area (Å²) in [6.45, 7) is 2.11. The van der Waals surface area contributed by atoms with Crippen molar-refractivity contribution >= 4 is 55.7 Å². The van der Waals surface area contributed by atoms with E-state index in [1.165, 1.54) is 11.3 Å². The Hall–Kier alpha value is -2.19. The molecule has 0 radical (unpaired) electrons. The lowest BCUT2D eigenvalue weighted by atomic mass is 10.1. The standard InChI is InChI=1S/C21H17Cl2FN2O3S/c1-10(9-27-2)29-15-7-16-20(17(23)18(15)24)26-21(30-16)14-6-12(22)4-11-5-13(28-3)8-25-19(11)14/h4-8,10H,9H2,1-3H3. The smallest absolute Gasteiger partial charge is 0.185 e. The molecule has 0 saturated heterocycles. The molecule has 0 bridgehead atoms. The Morgan fingerprint density at radius 2 is 1.93 bits per heavy atom. The summed E-state index contributed by atoms with van der Waals surface area (Å²) >= 11 is 14.0. The van der Waals surface area contributed by atoms with Crippen LogP contribution in [0.3, 0.4) is 0 Å². The summed E-state index contributed by atoms with van der Waals surface area (Å²) in [6.07, 6.45) is 1.30. The monoisotopic (exact) mass is 466 g/mol. The van der Waals surface area contributed by atoms with Crippen molar-refractivity contribution in [1.29, 1.82) is 0 Å². The average Bonchev–Trinajstić information content (AvgIpc) is 3.15. The molecule has 156 valence electrons. The Balaban J connectivity index is 1.85. The molecule has 0 spiro atoms. The number of nitrogens with zero attached hydrogens (tertiary/aromatic N) is 2. The van der Waals surface area contributed by atoms with E-state index in [9.17, 15) is 4.39 Å². The van der Waals surface area contributed by atoms with Crippen LogP contribution in [0.5, 0.6) is 11.5 Å². The molecule has 2 heterocycles. The Labute approximate surface area is 186 Å². The summed E-state index contributed by atoms with van der Waals surface area (Å²) in [7, 11) is 3.13. The normalized spacial score (nSPS) is 12.5. The molecule has 9 heteroatoms. The number of benzene rings is 2. The molecule has 5 nitrogen and oxygen atoms in total. The number of pyridine rings is 1. The summed E-state index contributed by atoms with van der Waals surface area (Å²) in [5.41, 5.74) is 1.80. The van der Waals surface area contributed by atoms with Gasteiger partial charge in [0.25, 0.3) is 0 Å². The Kier molecular flexibility index (Phi) is 5.97.